The number of aliphatic hydroxyl groups excluding tert-OH is 1. The van der Waals surface area contributed by atoms with E-state index >= 15 is 0 Å². The summed E-state index contributed by atoms with van der Waals surface area (Å²) in [6.45, 7) is 0. The average Bonchev–Trinajstić information content (AvgIpc) is 2.34. The Labute approximate surface area is 69.7 Å². The van der Waals surface area contributed by atoms with Crippen molar-refractivity contribution in [1.82, 2.24) is 0 Å². The maximum absolute atomic E-state index is 11.2. The molecule has 0 aromatic rings. The number of rotatable bonds is 0. The van der Waals surface area contributed by atoms with Crippen LogP contribution in [0, 0.1) is 0 Å². The molecule has 0 saturated carbocycles. The Morgan fingerprint density at radius 1 is 1.55 bits per heavy atom. The average molecular weight is 170 g/mol. The summed E-state index contributed by atoms with van der Waals surface area (Å²) in [5.41, 5.74) is 0.723. The Hall–Kier alpha value is -0.440. The van der Waals surface area contributed by atoms with Gasteiger partial charge in [0.1, 0.15) is 5.76 Å². The van der Waals surface area contributed by atoms with E-state index in [9.17, 15) is 9.90 Å². The number of hydrogen-bond acceptors (Lipinski definition) is 3. The second-order valence-electron chi connectivity index (χ2n) is 2.98. The van der Waals surface area contributed by atoms with Crippen molar-refractivity contribution < 1.29 is 9.90 Å². The van der Waals surface area contributed by atoms with E-state index in [1.807, 2.05) is 0 Å². The van der Waals surface area contributed by atoms with E-state index in [1.54, 1.807) is 11.8 Å². The Morgan fingerprint density at radius 3 is 3.09 bits per heavy atom. The van der Waals surface area contributed by atoms with Gasteiger partial charge in [-0.15, -0.1) is 11.8 Å². The van der Waals surface area contributed by atoms with Crippen molar-refractivity contribution >= 4 is 17.5 Å². The van der Waals surface area contributed by atoms with Crippen LogP contribution in [0.15, 0.2) is 11.3 Å². The minimum Gasteiger partial charge on any atom is -0.512 e. The van der Waals surface area contributed by atoms with Gasteiger partial charge in [0.15, 0.2) is 5.78 Å². The first-order valence-corrected chi connectivity index (χ1v) is 4.90. The van der Waals surface area contributed by atoms with Crippen molar-refractivity contribution in [2.45, 2.75) is 24.5 Å². The molecule has 2 aliphatic rings. The fraction of sp³-hybridized carbons (Fsp3) is 0.625. The highest BCUT2D eigenvalue weighted by Gasteiger charge is 2.34. The molecule has 1 aliphatic carbocycles. The molecule has 1 aliphatic heterocycles. The quantitative estimate of drug-likeness (QED) is 0.601. The molecule has 2 nitrogen and oxygen atoms in total. The van der Waals surface area contributed by atoms with Crippen LogP contribution in [0.25, 0.3) is 0 Å². The van der Waals surface area contributed by atoms with Crippen molar-refractivity contribution in [2.24, 2.45) is 0 Å². The lowest BCUT2D eigenvalue weighted by atomic mass is 9.95. The largest absolute Gasteiger partial charge is 0.512 e. The second kappa shape index (κ2) is 2.55. The van der Waals surface area contributed by atoms with Crippen molar-refractivity contribution in [3.63, 3.8) is 0 Å². The van der Waals surface area contributed by atoms with Crippen LogP contribution in [0.5, 0.6) is 0 Å². The normalized spacial score (nSPS) is 30.9. The standard InChI is InChI=1S/C8H10O2S/c9-5-2-1-3-7-8(5)6(10)4-11-7/h7,9H,1-4H2. The Morgan fingerprint density at radius 2 is 2.36 bits per heavy atom. The van der Waals surface area contributed by atoms with Gasteiger partial charge in [-0.25, -0.2) is 0 Å². The summed E-state index contributed by atoms with van der Waals surface area (Å²) < 4.78 is 0. The third-order valence-electron chi connectivity index (χ3n) is 2.23. The molecule has 1 saturated heterocycles. The minimum atomic E-state index is 0.150. The maximum atomic E-state index is 11.2. The van der Waals surface area contributed by atoms with E-state index in [0.717, 1.165) is 18.4 Å². The van der Waals surface area contributed by atoms with Crippen molar-refractivity contribution in [3.05, 3.63) is 11.3 Å². The van der Waals surface area contributed by atoms with Crippen molar-refractivity contribution in [3.8, 4) is 0 Å². The molecule has 11 heavy (non-hydrogen) atoms. The summed E-state index contributed by atoms with van der Waals surface area (Å²) in [7, 11) is 0. The molecule has 1 heterocycles. The van der Waals surface area contributed by atoms with Gasteiger partial charge in [-0.3, -0.25) is 4.79 Å². The highest BCUT2D eigenvalue weighted by molar-refractivity contribution is 8.01. The van der Waals surface area contributed by atoms with E-state index in [4.69, 9.17) is 0 Å². The molecule has 1 unspecified atom stereocenters. The first-order chi connectivity index (χ1) is 5.29. The summed E-state index contributed by atoms with van der Waals surface area (Å²) >= 11 is 1.67. The van der Waals surface area contributed by atoms with E-state index in [-0.39, 0.29) is 5.78 Å². The Bertz CT molecular complexity index is 232. The number of hydrogen-bond donors (Lipinski definition) is 1. The van der Waals surface area contributed by atoms with Gasteiger partial charge in [-0.05, 0) is 12.8 Å². The van der Waals surface area contributed by atoms with Gasteiger partial charge in [0.05, 0.1) is 5.75 Å². The number of ketones is 1. The molecule has 2 rings (SSSR count). The predicted octanol–water partition coefficient (Wildman–Crippen LogP) is 1.67. The zero-order chi connectivity index (χ0) is 7.84. The first kappa shape index (κ1) is 7.22. The molecule has 0 spiro atoms. The van der Waals surface area contributed by atoms with Crippen LogP contribution in [0.1, 0.15) is 19.3 Å². The number of Topliss-reactive ketones (excluding diaryl/α,β-unsaturated/α-hetero) is 1. The molecule has 3 heteroatoms. The third-order valence-corrected chi connectivity index (χ3v) is 3.53. The zero-order valence-electron chi connectivity index (χ0n) is 6.17. The molecule has 60 valence electrons. The fourth-order valence-corrected chi connectivity index (χ4v) is 2.96. The number of thioether (sulfide) groups is 1. The highest BCUT2D eigenvalue weighted by atomic mass is 32.2. The van der Waals surface area contributed by atoms with E-state index in [0.29, 0.717) is 23.2 Å². The highest BCUT2D eigenvalue weighted by Crippen LogP contribution is 2.38. The number of fused-ring (bicyclic) bond motifs is 1. The molecule has 0 amide bonds. The first-order valence-electron chi connectivity index (χ1n) is 3.86. The number of allylic oxidation sites excluding steroid dienone is 1. The molecule has 0 aromatic heterocycles. The second-order valence-corrected chi connectivity index (χ2v) is 4.17. The predicted molar refractivity (Wildman–Crippen MR) is 44.8 cm³/mol. The topological polar surface area (TPSA) is 37.3 Å². The third kappa shape index (κ3) is 1.07. The number of carbonyl (C=O) groups excluding carboxylic acids is 1. The van der Waals surface area contributed by atoms with Gasteiger partial charge in [0.2, 0.25) is 0 Å². The smallest absolute Gasteiger partial charge is 0.173 e. The number of aliphatic hydroxyl groups is 1. The summed E-state index contributed by atoms with van der Waals surface area (Å²) in [5.74, 6) is 1.08. The zero-order valence-corrected chi connectivity index (χ0v) is 6.99. The van der Waals surface area contributed by atoms with Gasteiger partial charge in [0, 0.05) is 17.2 Å². The van der Waals surface area contributed by atoms with E-state index in [1.165, 1.54) is 0 Å². The van der Waals surface area contributed by atoms with Crippen LogP contribution in [-0.2, 0) is 4.79 Å². The fourth-order valence-electron chi connectivity index (χ4n) is 1.68. The Kier molecular flexibility index (Phi) is 1.68. The van der Waals surface area contributed by atoms with Crippen molar-refractivity contribution in [1.29, 1.82) is 0 Å². The lowest BCUT2D eigenvalue weighted by Gasteiger charge is -2.17. The molecule has 1 atom stereocenters. The van der Waals surface area contributed by atoms with Gasteiger partial charge >= 0.3 is 0 Å². The molecule has 0 aromatic carbocycles. The SMILES string of the molecule is O=C1CSC2CCCC(O)=C12. The maximum Gasteiger partial charge on any atom is 0.173 e. The summed E-state index contributed by atoms with van der Waals surface area (Å²) in [6.07, 6.45) is 2.80. The van der Waals surface area contributed by atoms with Crippen molar-refractivity contribution in [2.75, 3.05) is 5.75 Å². The summed E-state index contributed by atoms with van der Waals surface area (Å²) in [4.78, 5) is 11.2. The molecule has 1 fully saturated rings. The van der Waals surface area contributed by atoms with Gasteiger partial charge in [0.25, 0.3) is 0 Å². The lowest BCUT2D eigenvalue weighted by Crippen LogP contribution is -2.14. The lowest BCUT2D eigenvalue weighted by molar-refractivity contribution is -0.113. The molecule has 1 N–H and O–H groups in total. The van der Waals surface area contributed by atoms with E-state index in [2.05, 4.69) is 0 Å². The van der Waals surface area contributed by atoms with Crippen LogP contribution in [0.2, 0.25) is 0 Å². The molecule has 0 radical (unpaired) electrons. The van der Waals surface area contributed by atoms with E-state index < -0.39 is 0 Å². The van der Waals surface area contributed by atoms with Crippen LogP contribution >= 0.6 is 11.8 Å². The number of carbonyl (C=O) groups is 1. The monoisotopic (exact) mass is 170 g/mol. The van der Waals surface area contributed by atoms with Crippen LogP contribution in [0.4, 0.5) is 0 Å². The summed E-state index contributed by atoms with van der Waals surface area (Å²) in [5, 5.41) is 9.71. The Balaban J connectivity index is 2.37. The van der Waals surface area contributed by atoms with Gasteiger partial charge in [-0.2, -0.15) is 0 Å². The van der Waals surface area contributed by atoms with Gasteiger partial charge < -0.3 is 5.11 Å². The van der Waals surface area contributed by atoms with Gasteiger partial charge in [-0.1, -0.05) is 0 Å². The molecule has 0 bridgehead atoms. The van der Waals surface area contributed by atoms with Crippen LogP contribution < -0.4 is 0 Å². The minimum absolute atomic E-state index is 0.150. The summed E-state index contributed by atoms with van der Waals surface area (Å²) in [6, 6.07) is 0. The van der Waals surface area contributed by atoms with Crippen LogP contribution in [0.3, 0.4) is 0 Å². The molecular formula is C8H10O2S. The molecular weight excluding hydrogens is 160 g/mol. The van der Waals surface area contributed by atoms with Crippen LogP contribution in [-0.4, -0.2) is 21.9 Å².